The molecule has 1 spiro atoms. The molecule has 3 fully saturated rings. The molecule has 0 radical (unpaired) electrons. The Morgan fingerprint density at radius 1 is 1.24 bits per heavy atom. The Bertz CT molecular complexity index is 822. The zero-order chi connectivity index (χ0) is 25.5. The Morgan fingerprint density at radius 2 is 1.91 bits per heavy atom. The van der Waals surface area contributed by atoms with E-state index in [-0.39, 0.29) is 29.1 Å². The smallest absolute Gasteiger partial charge is 0.308 e. The number of carboxylic acids is 1. The van der Waals surface area contributed by atoms with Crippen LogP contribution in [0.2, 0.25) is 0 Å². The van der Waals surface area contributed by atoms with Gasteiger partial charge in [0.1, 0.15) is 6.04 Å². The number of rotatable bonds is 11. The summed E-state index contributed by atoms with van der Waals surface area (Å²) in [7, 11) is 0. The number of amides is 2. The number of carbonyl (C=O) groups excluding carboxylic acids is 2. The van der Waals surface area contributed by atoms with Gasteiger partial charge in [-0.1, -0.05) is 26.8 Å². The van der Waals surface area contributed by atoms with E-state index in [2.05, 4.69) is 41.2 Å². The largest absolute Gasteiger partial charge is 0.481 e. The molecule has 5 atom stereocenters. The normalized spacial score (nSPS) is 30.5. The van der Waals surface area contributed by atoms with E-state index < -0.39 is 34.1 Å². The van der Waals surface area contributed by atoms with Crippen LogP contribution >= 0.6 is 11.8 Å². The van der Waals surface area contributed by atoms with E-state index in [4.69, 9.17) is 5.11 Å². The van der Waals surface area contributed by atoms with Gasteiger partial charge in [-0.25, -0.2) is 0 Å². The van der Waals surface area contributed by atoms with Gasteiger partial charge in [0.25, 0.3) is 0 Å². The lowest BCUT2D eigenvalue weighted by molar-refractivity contribution is -0.149. The number of aliphatic carboxylic acids is 1. The van der Waals surface area contributed by atoms with Gasteiger partial charge in [-0.05, 0) is 57.8 Å². The van der Waals surface area contributed by atoms with Crippen molar-refractivity contribution in [3.05, 3.63) is 12.7 Å². The van der Waals surface area contributed by atoms with Crippen LogP contribution in [0.1, 0.15) is 73.1 Å². The molecule has 3 saturated heterocycles. The van der Waals surface area contributed by atoms with Crippen LogP contribution in [0.4, 0.5) is 0 Å². The van der Waals surface area contributed by atoms with Crippen LogP contribution in [0.3, 0.4) is 0 Å². The number of hydrogen-bond donors (Lipinski definition) is 2. The van der Waals surface area contributed by atoms with E-state index in [1.807, 2.05) is 4.90 Å². The molecule has 2 amide bonds. The average molecular weight is 495 g/mol. The molecule has 34 heavy (non-hydrogen) atoms. The SMILES string of the molecule is C=CCN(C(=O)C1N(CCCCCO)C(=O)[C@@H]2[C@H](C(=O)O)[C@@H]3CCC12S3)C(C)(C)CC(C)(C)C. The van der Waals surface area contributed by atoms with Gasteiger partial charge in [0.2, 0.25) is 11.8 Å². The number of aliphatic hydroxyl groups is 1. The highest BCUT2D eigenvalue weighted by Gasteiger charge is 2.74. The molecule has 2 bridgehead atoms. The lowest BCUT2D eigenvalue weighted by atomic mass is 9.71. The molecule has 3 aliphatic rings. The summed E-state index contributed by atoms with van der Waals surface area (Å²) in [6, 6.07) is -0.669. The molecular weight excluding hydrogens is 452 g/mol. The monoisotopic (exact) mass is 494 g/mol. The minimum absolute atomic E-state index is 0.00549. The van der Waals surface area contributed by atoms with Gasteiger partial charge in [0.05, 0.1) is 16.6 Å². The second-order valence-electron chi connectivity index (χ2n) is 12.0. The number of hydrogen-bond acceptors (Lipinski definition) is 5. The van der Waals surface area contributed by atoms with Crippen LogP contribution in [0.5, 0.6) is 0 Å². The van der Waals surface area contributed by atoms with Crippen LogP contribution < -0.4 is 0 Å². The molecule has 0 aliphatic carbocycles. The Hall–Kier alpha value is -1.54. The van der Waals surface area contributed by atoms with Gasteiger partial charge in [0, 0.05) is 30.5 Å². The van der Waals surface area contributed by atoms with Gasteiger partial charge < -0.3 is 20.0 Å². The van der Waals surface area contributed by atoms with Crippen molar-refractivity contribution in [2.75, 3.05) is 19.7 Å². The molecule has 7 nitrogen and oxygen atoms in total. The topological polar surface area (TPSA) is 98.2 Å². The van der Waals surface area contributed by atoms with Crippen LogP contribution in [-0.2, 0) is 14.4 Å². The third-order valence-corrected chi connectivity index (χ3v) is 9.60. The fraction of sp³-hybridized carbons (Fsp3) is 0.808. The second-order valence-corrected chi connectivity index (χ2v) is 13.6. The first-order valence-electron chi connectivity index (χ1n) is 12.5. The van der Waals surface area contributed by atoms with Crippen LogP contribution in [-0.4, -0.2) is 79.1 Å². The van der Waals surface area contributed by atoms with E-state index in [9.17, 15) is 19.5 Å². The summed E-state index contributed by atoms with van der Waals surface area (Å²) in [5.41, 5.74) is -0.466. The molecule has 3 heterocycles. The van der Waals surface area contributed by atoms with Crippen molar-refractivity contribution in [3.8, 4) is 0 Å². The lowest BCUT2D eigenvalue weighted by Gasteiger charge is -2.46. The highest BCUT2D eigenvalue weighted by atomic mass is 32.2. The van der Waals surface area contributed by atoms with Crippen molar-refractivity contribution < 1.29 is 24.6 Å². The summed E-state index contributed by atoms with van der Waals surface area (Å²) >= 11 is 1.58. The number of fused-ring (bicyclic) bond motifs is 1. The summed E-state index contributed by atoms with van der Waals surface area (Å²) in [6.45, 7) is 15.4. The number of carboxylic acid groups (broad SMARTS) is 1. The Kier molecular flexibility index (Phi) is 7.83. The van der Waals surface area contributed by atoms with Gasteiger partial charge in [0.15, 0.2) is 0 Å². The van der Waals surface area contributed by atoms with Crippen LogP contribution in [0, 0.1) is 17.3 Å². The summed E-state index contributed by atoms with van der Waals surface area (Å²) in [6.07, 6.45) is 6.00. The van der Waals surface area contributed by atoms with E-state index in [0.29, 0.717) is 32.4 Å². The molecule has 2 unspecified atom stereocenters. The number of unbranched alkanes of at least 4 members (excludes halogenated alkanes) is 2. The Balaban J connectivity index is 2.01. The van der Waals surface area contributed by atoms with E-state index >= 15 is 0 Å². The third kappa shape index (κ3) is 4.77. The molecule has 0 aromatic rings. The molecular formula is C26H42N2O5S. The van der Waals surface area contributed by atoms with E-state index in [1.165, 1.54) is 0 Å². The molecule has 0 aromatic heterocycles. The maximum absolute atomic E-state index is 14.4. The minimum atomic E-state index is -0.929. The van der Waals surface area contributed by atoms with Gasteiger partial charge in [-0.15, -0.1) is 18.3 Å². The first kappa shape index (κ1) is 27.1. The first-order chi connectivity index (χ1) is 15.8. The van der Waals surface area contributed by atoms with E-state index in [0.717, 1.165) is 19.3 Å². The molecule has 0 saturated carbocycles. The predicted molar refractivity (Wildman–Crippen MR) is 134 cm³/mol. The number of likely N-dealkylation sites (tertiary alicyclic amines) is 1. The number of thioether (sulfide) groups is 1. The number of carbonyl (C=O) groups is 3. The van der Waals surface area contributed by atoms with Crippen molar-refractivity contribution >= 4 is 29.5 Å². The van der Waals surface area contributed by atoms with Crippen molar-refractivity contribution in [2.24, 2.45) is 17.3 Å². The number of aliphatic hydroxyl groups excluding tert-OH is 1. The summed E-state index contributed by atoms with van der Waals surface area (Å²) in [5.74, 6) is -2.60. The summed E-state index contributed by atoms with van der Waals surface area (Å²) < 4.78 is -0.684. The fourth-order valence-electron chi connectivity index (χ4n) is 6.83. The molecule has 3 rings (SSSR count). The standard InChI is InChI=1S/C26H42N2O5S/c1-7-13-28(25(5,6)16-24(2,3)4)22(31)20-26-12-11-17(34-26)18(23(32)33)19(26)21(30)27(20)14-9-8-10-15-29/h7,17-20,29H,1,8-16H2,2-6H3,(H,32,33)/t17-,18+,19-,20?,26?/m0/s1. The van der Waals surface area contributed by atoms with Gasteiger partial charge in [-0.2, -0.15) is 0 Å². The molecule has 8 heteroatoms. The first-order valence-corrected chi connectivity index (χ1v) is 13.4. The molecule has 0 aromatic carbocycles. The molecule has 192 valence electrons. The third-order valence-electron chi connectivity index (χ3n) is 7.65. The lowest BCUT2D eigenvalue weighted by Crippen LogP contribution is -2.60. The van der Waals surface area contributed by atoms with Crippen molar-refractivity contribution in [2.45, 2.75) is 94.7 Å². The summed E-state index contributed by atoms with van der Waals surface area (Å²) in [4.78, 5) is 43.9. The van der Waals surface area contributed by atoms with Gasteiger partial charge in [-0.3, -0.25) is 14.4 Å². The van der Waals surface area contributed by atoms with Crippen LogP contribution in [0.15, 0.2) is 12.7 Å². The quantitative estimate of drug-likeness (QED) is 0.337. The fourth-order valence-corrected chi connectivity index (χ4v) is 9.04. The highest BCUT2D eigenvalue weighted by molar-refractivity contribution is 8.02. The number of nitrogens with zero attached hydrogens (tertiary/aromatic N) is 2. The minimum Gasteiger partial charge on any atom is -0.481 e. The van der Waals surface area contributed by atoms with Crippen LogP contribution in [0.25, 0.3) is 0 Å². The maximum atomic E-state index is 14.4. The van der Waals surface area contributed by atoms with Crippen molar-refractivity contribution in [1.82, 2.24) is 9.80 Å². The van der Waals surface area contributed by atoms with E-state index in [1.54, 1.807) is 22.7 Å². The predicted octanol–water partition coefficient (Wildman–Crippen LogP) is 3.55. The Morgan fingerprint density at radius 3 is 2.47 bits per heavy atom. The second kappa shape index (κ2) is 9.84. The summed E-state index contributed by atoms with van der Waals surface area (Å²) in [5, 5.41) is 19.0. The van der Waals surface area contributed by atoms with Crippen molar-refractivity contribution in [1.29, 1.82) is 0 Å². The zero-order valence-electron chi connectivity index (χ0n) is 21.4. The maximum Gasteiger partial charge on any atom is 0.308 e. The Labute approximate surface area is 208 Å². The zero-order valence-corrected chi connectivity index (χ0v) is 22.2. The van der Waals surface area contributed by atoms with Gasteiger partial charge >= 0.3 is 5.97 Å². The molecule has 3 aliphatic heterocycles. The molecule has 2 N–H and O–H groups in total. The average Bonchev–Trinajstić information content (AvgIpc) is 3.34. The highest BCUT2D eigenvalue weighted by Crippen LogP contribution is 2.66. The van der Waals surface area contributed by atoms with Crippen molar-refractivity contribution in [3.63, 3.8) is 0 Å².